The van der Waals surface area contributed by atoms with Crippen molar-refractivity contribution in [2.75, 3.05) is 5.32 Å². The van der Waals surface area contributed by atoms with Gasteiger partial charge in [0.15, 0.2) is 0 Å². The number of aryl methyl sites for hydroxylation is 1. The summed E-state index contributed by atoms with van der Waals surface area (Å²) in [5, 5.41) is 2.92. The number of aromatic nitrogens is 3. The molecular weight excluding hydrogens is 373 g/mol. The van der Waals surface area contributed by atoms with Crippen molar-refractivity contribution < 1.29 is 18.0 Å². The minimum Gasteiger partial charge on any atom is -0.311 e. The van der Waals surface area contributed by atoms with Gasteiger partial charge >= 0.3 is 0 Å². The quantitative estimate of drug-likeness (QED) is 0.748. The summed E-state index contributed by atoms with van der Waals surface area (Å²) in [4.78, 5) is 32.5. The number of pyridine rings is 3. The predicted octanol–water partition coefficient (Wildman–Crippen LogP) is 3.04. The largest absolute Gasteiger partial charge is 0.311 e. The maximum atomic E-state index is 13.8. The maximum Gasteiger partial charge on any atom is 0.260 e. The van der Waals surface area contributed by atoms with Crippen molar-refractivity contribution in [1.82, 2.24) is 14.5 Å². The number of alkyl halides is 2. The number of anilines is 1. The topological polar surface area (TPSA) is 76.9 Å². The standard InChI is InChI=1S/C19H15F3N4O2/c1-9-12(7-23-8-14(9)20)11-3-10-6-24-16(4-15(10)26(2)18(11)28)25-17(27)13-5-19(13,21)22/h3-4,6-8,13H,5H2,1-2H3,(H,24,25,27)/t13-/m1/s1. The molecule has 1 aliphatic rings. The zero-order chi connectivity index (χ0) is 20.2. The molecule has 1 aliphatic carbocycles. The number of amides is 1. The first kappa shape index (κ1) is 18.1. The predicted molar refractivity (Wildman–Crippen MR) is 96.6 cm³/mol. The molecule has 0 radical (unpaired) electrons. The van der Waals surface area contributed by atoms with Gasteiger partial charge in [0.05, 0.1) is 11.7 Å². The SMILES string of the molecule is Cc1c(F)cncc1-c1cc2cnc(NC(=O)[C@H]3CC3(F)F)cc2n(C)c1=O. The Labute approximate surface area is 157 Å². The van der Waals surface area contributed by atoms with E-state index in [9.17, 15) is 22.8 Å². The summed E-state index contributed by atoms with van der Waals surface area (Å²) >= 11 is 0. The molecule has 0 unspecified atom stereocenters. The Hall–Kier alpha value is -3.23. The Balaban J connectivity index is 1.76. The van der Waals surface area contributed by atoms with Crippen molar-refractivity contribution in [2.24, 2.45) is 13.0 Å². The fraction of sp³-hybridized carbons (Fsp3) is 0.263. The lowest BCUT2D eigenvalue weighted by Crippen LogP contribution is -2.21. The van der Waals surface area contributed by atoms with Crippen LogP contribution in [0, 0.1) is 18.7 Å². The van der Waals surface area contributed by atoms with Crippen molar-refractivity contribution in [3.63, 3.8) is 0 Å². The van der Waals surface area contributed by atoms with Crippen molar-refractivity contribution in [3.05, 3.63) is 52.5 Å². The van der Waals surface area contributed by atoms with Crippen LogP contribution in [0.4, 0.5) is 19.0 Å². The molecule has 28 heavy (non-hydrogen) atoms. The Bertz CT molecular complexity index is 1190. The third-order valence-corrected chi connectivity index (χ3v) is 4.95. The molecule has 4 rings (SSSR count). The fourth-order valence-electron chi connectivity index (χ4n) is 3.11. The molecule has 1 saturated carbocycles. The molecule has 3 aromatic heterocycles. The van der Waals surface area contributed by atoms with Crippen LogP contribution in [0.15, 0.2) is 35.5 Å². The second kappa shape index (κ2) is 6.15. The number of hydrogen-bond donors (Lipinski definition) is 1. The van der Waals surface area contributed by atoms with Gasteiger partial charge in [-0.1, -0.05) is 0 Å². The van der Waals surface area contributed by atoms with E-state index in [2.05, 4.69) is 15.3 Å². The van der Waals surface area contributed by atoms with Gasteiger partial charge in [-0.2, -0.15) is 0 Å². The molecule has 3 heterocycles. The van der Waals surface area contributed by atoms with Crippen LogP contribution in [0.5, 0.6) is 0 Å². The van der Waals surface area contributed by atoms with E-state index in [0.717, 1.165) is 6.20 Å². The third-order valence-electron chi connectivity index (χ3n) is 4.95. The van der Waals surface area contributed by atoms with Gasteiger partial charge in [0.1, 0.15) is 17.6 Å². The minimum atomic E-state index is -2.97. The van der Waals surface area contributed by atoms with E-state index in [4.69, 9.17) is 0 Å². The number of hydrogen-bond acceptors (Lipinski definition) is 4. The molecule has 3 aromatic rings. The number of rotatable bonds is 3. The van der Waals surface area contributed by atoms with Crippen molar-refractivity contribution >= 4 is 22.6 Å². The summed E-state index contributed by atoms with van der Waals surface area (Å²) in [5.41, 5.74) is 0.990. The fourth-order valence-corrected chi connectivity index (χ4v) is 3.11. The first-order valence-electron chi connectivity index (χ1n) is 8.48. The van der Waals surface area contributed by atoms with Crippen LogP contribution in [-0.4, -0.2) is 26.4 Å². The lowest BCUT2D eigenvalue weighted by atomic mass is 10.0. The Kier molecular flexibility index (Phi) is 3.99. The normalized spacial score (nSPS) is 17.5. The highest BCUT2D eigenvalue weighted by molar-refractivity contribution is 5.96. The summed E-state index contributed by atoms with van der Waals surface area (Å²) in [6, 6.07) is 3.00. The Morgan fingerprint density at radius 3 is 2.64 bits per heavy atom. The molecule has 0 aromatic carbocycles. The molecule has 1 amide bonds. The van der Waals surface area contributed by atoms with E-state index >= 15 is 0 Å². The zero-order valence-corrected chi connectivity index (χ0v) is 15.0. The number of nitrogens with zero attached hydrogens (tertiary/aromatic N) is 3. The first-order chi connectivity index (χ1) is 13.2. The summed E-state index contributed by atoms with van der Waals surface area (Å²) in [7, 11) is 1.52. The molecule has 1 atom stereocenters. The van der Waals surface area contributed by atoms with Gasteiger partial charge in [-0.25, -0.2) is 18.2 Å². The van der Waals surface area contributed by atoms with E-state index in [1.54, 1.807) is 13.0 Å². The molecule has 144 valence electrons. The van der Waals surface area contributed by atoms with E-state index in [1.807, 2.05) is 0 Å². The van der Waals surface area contributed by atoms with Gasteiger partial charge in [0.25, 0.3) is 11.5 Å². The van der Waals surface area contributed by atoms with E-state index < -0.39 is 30.0 Å². The average Bonchev–Trinajstić information content (AvgIpc) is 3.30. The number of carbonyl (C=O) groups excluding carboxylic acids is 1. The summed E-state index contributed by atoms with van der Waals surface area (Å²) in [6.45, 7) is 1.56. The van der Waals surface area contributed by atoms with Gasteiger partial charge in [-0.3, -0.25) is 14.6 Å². The van der Waals surface area contributed by atoms with E-state index in [-0.39, 0.29) is 16.9 Å². The summed E-state index contributed by atoms with van der Waals surface area (Å²) in [6.07, 6.45) is 3.43. The van der Waals surface area contributed by atoms with Gasteiger partial charge in [0, 0.05) is 48.4 Å². The third kappa shape index (κ3) is 2.92. The molecule has 0 spiro atoms. The number of carbonyl (C=O) groups is 1. The van der Waals surface area contributed by atoms with Gasteiger partial charge in [-0.05, 0) is 18.6 Å². The lowest BCUT2D eigenvalue weighted by molar-refractivity contribution is -0.119. The Morgan fingerprint density at radius 2 is 1.96 bits per heavy atom. The zero-order valence-electron chi connectivity index (χ0n) is 15.0. The highest BCUT2D eigenvalue weighted by atomic mass is 19.3. The molecule has 0 saturated heterocycles. The number of fused-ring (bicyclic) bond motifs is 1. The highest BCUT2D eigenvalue weighted by Gasteiger charge is 2.61. The van der Waals surface area contributed by atoms with Gasteiger partial charge in [0.2, 0.25) is 5.91 Å². The van der Waals surface area contributed by atoms with Crippen LogP contribution < -0.4 is 10.9 Å². The minimum absolute atomic E-state index is 0.0755. The van der Waals surface area contributed by atoms with Crippen molar-refractivity contribution in [3.8, 4) is 11.1 Å². The van der Waals surface area contributed by atoms with Crippen molar-refractivity contribution in [1.29, 1.82) is 0 Å². The van der Waals surface area contributed by atoms with E-state index in [0.29, 0.717) is 22.0 Å². The van der Waals surface area contributed by atoms with Crippen LogP contribution in [0.3, 0.4) is 0 Å². The summed E-state index contributed by atoms with van der Waals surface area (Å²) < 4.78 is 41.2. The van der Waals surface area contributed by atoms with Crippen LogP contribution >= 0.6 is 0 Å². The first-order valence-corrected chi connectivity index (χ1v) is 8.48. The van der Waals surface area contributed by atoms with Crippen LogP contribution in [0.25, 0.3) is 22.0 Å². The molecule has 0 aliphatic heterocycles. The second-order valence-corrected chi connectivity index (χ2v) is 6.85. The molecule has 6 nitrogen and oxygen atoms in total. The summed E-state index contributed by atoms with van der Waals surface area (Å²) in [5.74, 6) is -5.57. The molecule has 9 heteroatoms. The molecular formula is C19H15F3N4O2. The monoisotopic (exact) mass is 388 g/mol. The smallest absolute Gasteiger partial charge is 0.260 e. The maximum absolute atomic E-state index is 13.8. The lowest BCUT2D eigenvalue weighted by Gasteiger charge is -2.12. The number of halogens is 3. The van der Waals surface area contributed by atoms with Crippen molar-refractivity contribution in [2.45, 2.75) is 19.3 Å². The Morgan fingerprint density at radius 1 is 1.25 bits per heavy atom. The number of nitrogens with one attached hydrogen (secondary N) is 1. The van der Waals surface area contributed by atoms with Crippen LogP contribution in [-0.2, 0) is 11.8 Å². The second-order valence-electron chi connectivity index (χ2n) is 6.85. The van der Waals surface area contributed by atoms with E-state index in [1.165, 1.54) is 30.1 Å². The molecule has 1 N–H and O–H groups in total. The van der Waals surface area contributed by atoms with Crippen LogP contribution in [0.2, 0.25) is 0 Å². The molecule has 0 bridgehead atoms. The van der Waals surface area contributed by atoms with Gasteiger partial charge in [-0.15, -0.1) is 0 Å². The van der Waals surface area contributed by atoms with Crippen LogP contribution in [0.1, 0.15) is 12.0 Å². The van der Waals surface area contributed by atoms with Gasteiger partial charge < -0.3 is 9.88 Å². The molecule has 1 fully saturated rings. The highest BCUT2D eigenvalue weighted by Crippen LogP contribution is 2.49. The average molecular weight is 388 g/mol.